The van der Waals surface area contributed by atoms with Gasteiger partial charge >= 0.3 is 0 Å². The standard InChI is InChI=1S/C18H21N3O2/c1-23-14-7-5-13(6-8-14)18(9-10-18)17(22)20-16-12-19-15-4-2-3-11-21(15)16/h5-8,12H,2-4,9-11H2,1H3,(H,20,22). The van der Waals surface area contributed by atoms with Crippen LogP contribution in [0.5, 0.6) is 5.75 Å². The van der Waals surface area contributed by atoms with E-state index in [4.69, 9.17) is 4.74 Å². The summed E-state index contributed by atoms with van der Waals surface area (Å²) in [4.78, 5) is 17.3. The number of hydrogen-bond donors (Lipinski definition) is 1. The molecular weight excluding hydrogens is 290 g/mol. The minimum absolute atomic E-state index is 0.0796. The largest absolute Gasteiger partial charge is 0.497 e. The zero-order chi connectivity index (χ0) is 15.9. The summed E-state index contributed by atoms with van der Waals surface area (Å²) in [5.41, 5.74) is 0.681. The molecule has 0 radical (unpaired) electrons. The van der Waals surface area contributed by atoms with Crippen molar-refractivity contribution in [2.24, 2.45) is 0 Å². The van der Waals surface area contributed by atoms with Gasteiger partial charge in [-0.3, -0.25) is 4.79 Å². The van der Waals surface area contributed by atoms with Crippen LogP contribution in [0.3, 0.4) is 0 Å². The van der Waals surface area contributed by atoms with Crippen LogP contribution in [0.4, 0.5) is 5.82 Å². The molecule has 0 saturated heterocycles. The van der Waals surface area contributed by atoms with E-state index >= 15 is 0 Å². The first-order valence-corrected chi connectivity index (χ1v) is 8.23. The van der Waals surface area contributed by atoms with Gasteiger partial charge in [0.15, 0.2) is 0 Å². The van der Waals surface area contributed by atoms with Crippen molar-refractivity contribution in [2.75, 3.05) is 12.4 Å². The van der Waals surface area contributed by atoms with Gasteiger partial charge in [0, 0.05) is 13.0 Å². The van der Waals surface area contributed by atoms with Gasteiger partial charge in [-0.05, 0) is 43.4 Å². The highest BCUT2D eigenvalue weighted by Crippen LogP contribution is 2.49. The first-order valence-electron chi connectivity index (χ1n) is 8.23. The summed E-state index contributed by atoms with van der Waals surface area (Å²) in [5, 5.41) is 3.11. The molecule has 5 nitrogen and oxygen atoms in total. The predicted octanol–water partition coefficient (Wildman–Crippen LogP) is 2.90. The number of benzene rings is 1. The molecular formula is C18H21N3O2. The van der Waals surface area contributed by atoms with Crippen LogP contribution in [0.2, 0.25) is 0 Å². The maximum atomic E-state index is 12.9. The van der Waals surface area contributed by atoms with Crippen molar-refractivity contribution in [3.05, 3.63) is 41.9 Å². The van der Waals surface area contributed by atoms with Gasteiger partial charge in [0.25, 0.3) is 0 Å². The number of aromatic nitrogens is 2. The number of fused-ring (bicyclic) bond motifs is 1. The van der Waals surface area contributed by atoms with Crippen molar-refractivity contribution in [3.63, 3.8) is 0 Å². The number of anilines is 1. The minimum atomic E-state index is -0.383. The van der Waals surface area contributed by atoms with Gasteiger partial charge in [-0.25, -0.2) is 4.98 Å². The third kappa shape index (κ3) is 2.40. The zero-order valence-corrected chi connectivity index (χ0v) is 13.3. The summed E-state index contributed by atoms with van der Waals surface area (Å²) in [5.74, 6) is 2.82. The summed E-state index contributed by atoms with van der Waals surface area (Å²) in [6, 6.07) is 7.83. The average Bonchev–Trinajstić information content (AvgIpc) is 3.32. The molecule has 1 saturated carbocycles. The topological polar surface area (TPSA) is 56.1 Å². The maximum Gasteiger partial charge on any atom is 0.236 e. The SMILES string of the molecule is COc1ccc(C2(C(=O)Nc3cnc4n3CCCC4)CC2)cc1. The van der Waals surface area contributed by atoms with E-state index in [-0.39, 0.29) is 11.3 Å². The predicted molar refractivity (Wildman–Crippen MR) is 87.7 cm³/mol. The molecule has 0 atom stereocenters. The number of hydrogen-bond acceptors (Lipinski definition) is 3. The van der Waals surface area contributed by atoms with Crippen molar-refractivity contribution in [3.8, 4) is 5.75 Å². The summed E-state index contributed by atoms with van der Waals surface area (Å²) < 4.78 is 7.34. The summed E-state index contributed by atoms with van der Waals surface area (Å²) in [6.45, 7) is 0.945. The first kappa shape index (κ1) is 14.3. The second kappa shape index (κ2) is 5.41. The number of aryl methyl sites for hydroxylation is 1. The summed E-state index contributed by atoms with van der Waals surface area (Å²) in [7, 11) is 1.65. The number of methoxy groups -OCH3 is 1. The molecule has 2 aliphatic rings. The van der Waals surface area contributed by atoms with E-state index in [0.29, 0.717) is 0 Å². The van der Waals surface area contributed by atoms with E-state index in [2.05, 4.69) is 14.9 Å². The lowest BCUT2D eigenvalue weighted by molar-refractivity contribution is -0.118. The molecule has 0 bridgehead atoms. The third-order valence-electron chi connectivity index (χ3n) is 5.04. The van der Waals surface area contributed by atoms with Crippen molar-refractivity contribution < 1.29 is 9.53 Å². The van der Waals surface area contributed by atoms with Crippen LogP contribution in [-0.2, 0) is 23.2 Å². The molecule has 1 aliphatic carbocycles. The van der Waals surface area contributed by atoms with E-state index < -0.39 is 0 Å². The fourth-order valence-electron chi connectivity index (χ4n) is 3.43. The van der Waals surface area contributed by atoms with Crippen LogP contribution in [0.15, 0.2) is 30.5 Å². The first-order chi connectivity index (χ1) is 11.2. The highest BCUT2D eigenvalue weighted by Gasteiger charge is 2.51. The normalized spacial score (nSPS) is 18.1. The number of rotatable bonds is 4. The number of carbonyl (C=O) groups excluding carboxylic acids is 1. The maximum absolute atomic E-state index is 12.9. The van der Waals surface area contributed by atoms with Gasteiger partial charge in [-0.15, -0.1) is 0 Å². The van der Waals surface area contributed by atoms with E-state index in [1.165, 1.54) is 6.42 Å². The molecule has 2 heterocycles. The van der Waals surface area contributed by atoms with Crippen molar-refractivity contribution in [1.82, 2.24) is 9.55 Å². The van der Waals surface area contributed by atoms with Gasteiger partial charge < -0.3 is 14.6 Å². The van der Waals surface area contributed by atoms with Gasteiger partial charge in [0.2, 0.25) is 5.91 Å². The second-order valence-electron chi connectivity index (χ2n) is 6.43. The van der Waals surface area contributed by atoms with E-state index in [1.54, 1.807) is 13.3 Å². The van der Waals surface area contributed by atoms with Gasteiger partial charge in [0.05, 0.1) is 18.7 Å². The van der Waals surface area contributed by atoms with Gasteiger partial charge in [-0.1, -0.05) is 12.1 Å². The quantitative estimate of drug-likeness (QED) is 0.944. The number of amides is 1. The molecule has 1 N–H and O–H groups in total. The van der Waals surface area contributed by atoms with E-state index in [1.807, 2.05) is 24.3 Å². The Balaban J connectivity index is 1.55. The molecule has 1 aromatic heterocycles. The Morgan fingerprint density at radius 2 is 2.04 bits per heavy atom. The second-order valence-corrected chi connectivity index (χ2v) is 6.43. The molecule has 5 heteroatoms. The number of nitrogens with one attached hydrogen (secondary N) is 1. The lowest BCUT2D eigenvalue weighted by Gasteiger charge is -2.19. The molecule has 1 aliphatic heterocycles. The summed E-state index contributed by atoms with van der Waals surface area (Å²) in [6.07, 6.45) is 6.91. The van der Waals surface area contributed by atoms with Crippen molar-refractivity contribution in [2.45, 2.75) is 44.1 Å². The van der Waals surface area contributed by atoms with E-state index in [0.717, 1.165) is 55.2 Å². The highest BCUT2D eigenvalue weighted by atomic mass is 16.5. The van der Waals surface area contributed by atoms with Crippen LogP contribution in [-0.4, -0.2) is 22.6 Å². The highest BCUT2D eigenvalue weighted by molar-refractivity contribution is 6.00. The van der Waals surface area contributed by atoms with Crippen LogP contribution < -0.4 is 10.1 Å². The Labute approximate surface area is 135 Å². The Kier molecular flexibility index (Phi) is 3.36. The molecule has 1 fully saturated rings. The molecule has 0 unspecified atom stereocenters. The molecule has 120 valence electrons. The Morgan fingerprint density at radius 1 is 1.26 bits per heavy atom. The minimum Gasteiger partial charge on any atom is -0.497 e. The fourth-order valence-corrected chi connectivity index (χ4v) is 3.43. The van der Waals surface area contributed by atoms with Crippen LogP contribution >= 0.6 is 0 Å². The van der Waals surface area contributed by atoms with Crippen LogP contribution in [0.1, 0.15) is 37.1 Å². The van der Waals surface area contributed by atoms with Crippen molar-refractivity contribution >= 4 is 11.7 Å². The number of carbonyl (C=O) groups is 1. The number of ether oxygens (including phenoxy) is 1. The van der Waals surface area contributed by atoms with Crippen LogP contribution in [0, 0.1) is 0 Å². The Morgan fingerprint density at radius 3 is 2.74 bits per heavy atom. The molecule has 2 aromatic rings. The molecule has 1 aromatic carbocycles. The smallest absolute Gasteiger partial charge is 0.236 e. The fraction of sp³-hybridized carbons (Fsp3) is 0.444. The number of nitrogens with zero attached hydrogens (tertiary/aromatic N) is 2. The monoisotopic (exact) mass is 311 g/mol. The lowest BCUT2D eigenvalue weighted by Crippen LogP contribution is -2.29. The molecule has 1 amide bonds. The third-order valence-corrected chi connectivity index (χ3v) is 5.04. The van der Waals surface area contributed by atoms with E-state index in [9.17, 15) is 4.79 Å². The average molecular weight is 311 g/mol. The van der Waals surface area contributed by atoms with Crippen molar-refractivity contribution in [1.29, 1.82) is 0 Å². The lowest BCUT2D eigenvalue weighted by atomic mass is 9.95. The summed E-state index contributed by atoms with van der Waals surface area (Å²) >= 11 is 0. The Hall–Kier alpha value is -2.30. The van der Waals surface area contributed by atoms with Gasteiger partial charge in [0.1, 0.15) is 17.4 Å². The van der Waals surface area contributed by atoms with Gasteiger partial charge in [-0.2, -0.15) is 0 Å². The van der Waals surface area contributed by atoms with Crippen LogP contribution in [0.25, 0.3) is 0 Å². The molecule has 0 spiro atoms. The number of imidazole rings is 1. The zero-order valence-electron chi connectivity index (χ0n) is 13.3. The Bertz CT molecular complexity index is 729. The molecule has 4 rings (SSSR count). The molecule has 23 heavy (non-hydrogen) atoms.